The number of rotatable bonds is 4. The van der Waals surface area contributed by atoms with Crippen LogP contribution in [0.5, 0.6) is 0 Å². The van der Waals surface area contributed by atoms with Gasteiger partial charge in [0, 0.05) is 18.3 Å². The van der Waals surface area contributed by atoms with E-state index in [1.54, 1.807) is 24.3 Å². The third kappa shape index (κ3) is 4.45. The first-order valence-electron chi connectivity index (χ1n) is 9.11. The van der Waals surface area contributed by atoms with Gasteiger partial charge in [0.1, 0.15) is 5.82 Å². The normalized spacial score (nSPS) is 15.2. The number of amides is 3. The molecule has 0 aromatic heterocycles. The van der Waals surface area contributed by atoms with Crippen molar-refractivity contribution in [3.8, 4) is 0 Å². The molecule has 6 heteroatoms. The lowest BCUT2D eigenvalue weighted by atomic mass is 9.88. The number of hydrogen-bond acceptors (Lipinski definition) is 2. The van der Waals surface area contributed by atoms with Gasteiger partial charge in [-0.2, -0.15) is 0 Å². The second kappa shape index (κ2) is 7.78. The van der Waals surface area contributed by atoms with Crippen LogP contribution in [0, 0.1) is 12.7 Å². The maximum absolute atomic E-state index is 13.3. The topological polar surface area (TPSA) is 70.2 Å². The van der Waals surface area contributed by atoms with Crippen LogP contribution in [0.1, 0.15) is 43.7 Å². The van der Waals surface area contributed by atoms with Crippen molar-refractivity contribution in [2.24, 2.45) is 0 Å². The van der Waals surface area contributed by atoms with Gasteiger partial charge in [-0.1, -0.05) is 31.0 Å². The smallest absolute Gasteiger partial charge is 0.319 e. The zero-order chi connectivity index (χ0) is 19.4. The summed E-state index contributed by atoms with van der Waals surface area (Å²) in [6.07, 6.45) is 3.65. The third-order valence-corrected chi connectivity index (χ3v) is 5.01. The van der Waals surface area contributed by atoms with Crippen molar-refractivity contribution in [1.29, 1.82) is 0 Å². The summed E-state index contributed by atoms with van der Waals surface area (Å²) in [5, 5.41) is 8.70. The maximum Gasteiger partial charge on any atom is 0.319 e. The van der Waals surface area contributed by atoms with Crippen molar-refractivity contribution in [1.82, 2.24) is 5.32 Å². The Hall–Kier alpha value is -2.89. The highest BCUT2D eigenvalue weighted by molar-refractivity contribution is 5.93. The number of carbonyl (C=O) groups is 2. The maximum atomic E-state index is 13.3. The summed E-state index contributed by atoms with van der Waals surface area (Å²) in [5.41, 5.74) is 2.58. The van der Waals surface area contributed by atoms with Gasteiger partial charge in [0.15, 0.2) is 0 Å². The lowest BCUT2D eigenvalue weighted by Crippen LogP contribution is -2.45. The van der Waals surface area contributed by atoms with Gasteiger partial charge in [-0.25, -0.2) is 9.18 Å². The Bertz CT molecular complexity index is 843. The van der Waals surface area contributed by atoms with Crippen LogP contribution >= 0.6 is 0 Å². The number of nitrogens with one attached hydrogen (secondary N) is 3. The number of aryl methyl sites for hydroxylation is 1. The third-order valence-electron chi connectivity index (χ3n) is 5.01. The number of anilines is 2. The zero-order valence-electron chi connectivity index (χ0n) is 15.6. The summed E-state index contributed by atoms with van der Waals surface area (Å²) in [7, 11) is 0. The van der Waals surface area contributed by atoms with Gasteiger partial charge in [-0.05, 0) is 55.2 Å². The summed E-state index contributed by atoms with van der Waals surface area (Å²) in [5.74, 6) is -0.461. The fraction of sp³-hybridized carbons (Fsp3) is 0.333. The van der Waals surface area contributed by atoms with E-state index in [-0.39, 0.29) is 17.8 Å². The number of carbonyl (C=O) groups excluding carboxylic acids is 2. The number of benzene rings is 2. The highest BCUT2D eigenvalue weighted by atomic mass is 19.1. The first-order valence-corrected chi connectivity index (χ1v) is 9.11. The van der Waals surface area contributed by atoms with E-state index in [2.05, 4.69) is 16.0 Å². The predicted molar refractivity (Wildman–Crippen MR) is 104 cm³/mol. The van der Waals surface area contributed by atoms with Crippen molar-refractivity contribution < 1.29 is 14.0 Å². The molecule has 5 nitrogen and oxygen atoms in total. The van der Waals surface area contributed by atoms with E-state index in [0.29, 0.717) is 11.4 Å². The molecule has 3 amide bonds. The summed E-state index contributed by atoms with van der Waals surface area (Å²) in [6, 6.07) is 11.4. The molecule has 2 aromatic carbocycles. The fourth-order valence-corrected chi connectivity index (χ4v) is 3.64. The molecule has 142 valence electrons. The monoisotopic (exact) mass is 369 g/mol. The van der Waals surface area contributed by atoms with E-state index in [1.807, 2.05) is 13.0 Å². The van der Waals surface area contributed by atoms with E-state index < -0.39 is 5.54 Å². The van der Waals surface area contributed by atoms with Gasteiger partial charge in [0.2, 0.25) is 5.91 Å². The van der Waals surface area contributed by atoms with Crippen LogP contribution < -0.4 is 16.0 Å². The van der Waals surface area contributed by atoms with E-state index in [4.69, 9.17) is 0 Å². The second-order valence-electron chi connectivity index (χ2n) is 7.09. The molecule has 0 radical (unpaired) electrons. The van der Waals surface area contributed by atoms with E-state index in [1.165, 1.54) is 19.1 Å². The Kier molecular flexibility index (Phi) is 5.44. The summed E-state index contributed by atoms with van der Waals surface area (Å²) >= 11 is 0. The van der Waals surface area contributed by atoms with Gasteiger partial charge in [-0.3, -0.25) is 4.79 Å². The Morgan fingerprint density at radius 2 is 1.67 bits per heavy atom. The van der Waals surface area contributed by atoms with Crippen molar-refractivity contribution in [2.75, 3.05) is 10.6 Å². The average Bonchev–Trinajstić information content (AvgIpc) is 3.07. The predicted octanol–water partition coefficient (Wildman–Crippen LogP) is 4.68. The first kappa shape index (κ1) is 18.9. The summed E-state index contributed by atoms with van der Waals surface area (Å²) in [4.78, 5) is 24.0. The van der Waals surface area contributed by atoms with Crippen LogP contribution in [0.4, 0.5) is 20.6 Å². The lowest BCUT2D eigenvalue weighted by Gasteiger charge is -2.31. The molecule has 1 saturated carbocycles. The second-order valence-corrected chi connectivity index (χ2v) is 7.09. The molecule has 1 fully saturated rings. The minimum Gasteiger partial charge on any atom is -0.328 e. The number of hydrogen-bond donors (Lipinski definition) is 3. The van der Waals surface area contributed by atoms with Crippen LogP contribution in [0.25, 0.3) is 0 Å². The molecule has 0 aliphatic heterocycles. The molecule has 0 atom stereocenters. The molecule has 0 saturated heterocycles. The largest absolute Gasteiger partial charge is 0.328 e. The molecule has 2 aromatic rings. The summed E-state index contributed by atoms with van der Waals surface area (Å²) < 4.78 is 13.3. The van der Waals surface area contributed by atoms with E-state index >= 15 is 0 Å². The highest BCUT2D eigenvalue weighted by Crippen LogP contribution is 2.39. The Balaban J connectivity index is 1.77. The van der Waals surface area contributed by atoms with Gasteiger partial charge in [-0.15, -0.1) is 0 Å². The quantitative estimate of drug-likeness (QED) is 0.732. The molecule has 0 spiro atoms. The zero-order valence-corrected chi connectivity index (χ0v) is 15.6. The minimum absolute atomic E-state index is 0.171. The van der Waals surface area contributed by atoms with E-state index in [0.717, 1.165) is 36.8 Å². The average molecular weight is 369 g/mol. The fourth-order valence-electron chi connectivity index (χ4n) is 3.64. The highest BCUT2D eigenvalue weighted by Gasteiger charge is 2.37. The van der Waals surface area contributed by atoms with Gasteiger partial charge in [0.25, 0.3) is 0 Å². The molecule has 1 aliphatic carbocycles. The Morgan fingerprint density at radius 3 is 2.30 bits per heavy atom. The van der Waals surface area contributed by atoms with Gasteiger partial charge >= 0.3 is 6.03 Å². The molecular weight excluding hydrogens is 345 g/mol. The molecule has 0 unspecified atom stereocenters. The van der Waals surface area contributed by atoms with Crippen LogP contribution in [0.15, 0.2) is 42.5 Å². The molecule has 0 bridgehead atoms. The molecule has 3 N–H and O–H groups in total. The Labute approximate surface area is 158 Å². The lowest BCUT2D eigenvalue weighted by molar-refractivity contribution is -0.114. The number of halogens is 1. The van der Waals surface area contributed by atoms with Crippen LogP contribution in [0.2, 0.25) is 0 Å². The van der Waals surface area contributed by atoms with E-state index in [9.17, 15) is 14.0 Å². The molecule has 3 rings (SSSR count). The van der Waals surface area contributed by atoms with Crippen LogP contribution in [0.3, 0.4) is 0 Å². The van der Waals surface area contributed by atoms with Crippen molar-refractivity contribution in [3.63, 3.8) is 0 Å². The van der Waals surface area contributed by atoms with Gasteiger partial charge < -0.3 is 16.0 Å². The Morgan fingerprint density at radius 1 is 1.00 bits per heavy atom. The first-order chi connectivity index (χ1) is 12.9. The molecule has 1 aliphatic rings. The van der Waals surface area contributed by atoms with Crippen molar-refractivity contribution in [3.05, 3.63) is 59.4 Å². The van der Waals surface area contributed by atoms with Crippen LogP contribution in [-0.4, -0.2) is 11.9 Å². The van der Waals surface area contributed by atoms with Crippen molar-refractivity contribution >= 4 is 23.3 Å². The molecule has 0 heterocycles. The minimum atomic E-state index is -0.485. The number of urea groups is 1. The molecular formula is C21H24FN3O2. The summed E-state index contributed by atoms with van der Waals surface area (Å²) in [6.45, 7) is 3.32. The van der Waals surface area contributed by atoms with Gasteiger partial charge in [0.05, 0.1) is 5.54 Å². The SMILES string of the molecule is CC(=O)Nc1ccc(C)c(NC(=O)NC2(c3ccc(F)cc3)CCCC2)c1. The standard InChI is InChI=1S/C21H24FN3O2/c1-14-5-10-18(23-15(2)26)13-19(14)24-20(27)25-21(11-3-4-12-21)16-6-8-17(22)9-7-16/h5-10,13H,3-4,11-12H2,1-2H3,(H,23,26)(H2,24,25,27). The van der Waals surface area contributed by atoms with Crippen LogP contribution in [-0.2, 0) is 10.3 Å². The molecule has 27 heavy (non-hydrogen) atoms. The van der Waals surface area contributed by atoms with Crippen molar-refractivity contribution in [2.45, 2.75) is 45.1 Å².